The summed E-state index contributed by atoms with van der Waals surface area (Å²) >= 11 is 0. The molecule has 1 amide bonds. The van der Waals surface area contributed by atoms with Crippen LogP contribution in [0.1, 0.15) is 39.0 Å². The molecule has 2 atom stereocenters. The van der Waals surface area contributed by atoms with Crippen LogP contribution in [0.2, 0.25) is 0 Å². The maximum Gasteiger partial charge on any atom is 0.230 e. The number of carbonyl (C=O) groups excluding carboxylic acids is 2. The number of hydrogen-bond donors (Lipinski definition) is 0. The van der Waals surface area contributed by atoms with Gasteiger partial charge in [-0.05, 0) is 25.2 Å². The lowest BCUT2D eigenvalue weighted by Gasteiger charge is -2.31. The second kappa shape index (κ2) is 3.71. The normalized spacial score (nSPS) is 33.9. The predicted molar refractivity (Wildman–Crippen MR) is 52.8 cm³/mol. The number of hydrogen-bond acceptors (Lipinski definition) is 2. The third-order valence-electron chi connectivity index (χ3n) is 3.41. The maximum atomic E-state index is 11.6. The molecule has 1 aliphatic heterocycles. The summed E-state index contributed by atoms with van der Waals surface area (Å²) < 4.78 is 0. The number of rotatable bonds is 1. The zero-order valence-electron chi connectivity index (χ0n) is 8.66. The Balaban J connectivity index is 1.97. The Morgan fingerprint density at radius 1 is 1.29 bits per heavy atom. The lowest BCUT2D eigenvalue weighted by atomic mass is 10.0. The van der Waals surface area contributed by atoms with Crippen LogP contribution in [0.25, 0.3) is 0 Å². The van der Waals surface area contributed by atoms with E-state index < -0.39 is 0 Å². The van der Waals surface area contributed by atoms with Gasteiger partial charge in [0.1, 0.15) is 5.78 Å². The van der Waals surface area contributed by atoms with Crippen molar-refractivity contribution in [3.8, 4) is 0 Å². The number of piperidine rings is 1. The fraction of sp³-hybridized carbons (Fsp3) is 0.818. The summed E-state index contributed by atoms with van der Waals surface area (Å²) in [5.41, 5.74) is 0. The van der Waals surface area contributed by atoms with Crippen molar-refractivity contribution in [2.75, 3.05) is 6.54 Å². The van der Waals surface area contributed by atoms with Gasteiger partial charge in [0.2, 0.25) is 5.91 Å². The van der Waals surface area contributed by atoms with Gasteiger partial charge in [-0.2, -0.15) is 0 Å². The highest BCUT2D eigenvalue weighted by atomic mass is 16.2. The molecule has 2 fully saturated rings. The van der Waals surface area contributed by atoms with Crippen molar-refractivity contribution in [3.05, 3.63) is 0 Å². The Morgan fingerprint density at radius 3 is 2.64 bits per heavy atom. The minimum Gasteiger partial charge on any atom is -0.339 e. The van der Waals surface area contributed by atoms with E-state index in [4.69, 9.17) is 0 Å². The van der Waals surface area contributed by atoms with Crippen LogP contribution in [0.3, 0.4) is 0 Å². The van der Waals surface area contributed by atoms with E-state index in [9.17, 15) is 9.59 Å². The fourth-order valence-electron chi connectivity index (χ4n) is 2.57. The van der Waals surface area contributed by atoms with Gasteiger partial charge in [0.25, 0.3) is 0 Å². The van der Waals surface area contributed by atoms with E-state index in [1.54, 1.807) is 0 Å². The minimum absolute atomic E-state index is 0.0559. The van der Waals surface area contributed by atoms with Crippen molar-refractivity contribution < 1.29 is 9.59 Å². The van der Waals surface area contributed by atoms with Crippen molar-refractivity contribution in [2.45, 2.75) is 45.1 Å². The van der Waals surface area contributed by atoms with Gasteiger partial charge in [0.05, 0.1) is 6.42 Å². The first-order valence-electron chi connectivity index (χ1n) is 5.48. The van der Waals surface area contributed by atoms with Crippen LogP contribution < -0.4 is 0 Å². The van der Waals surface area contributed by atoms with Gasteiger partial charge in [-0.1, -0.05) is 6.92 Å². The fourth-order valence-corrected chi connectivity index (χ4v) is 2.57. The summed E-state index contributed by atoms with van der Waals surface area (Å²) in [6.45, 7) is 2.90. The molecule has 1 heterocycles. The van der Waals surface area contributed by atoms with Gasteiger partial charge in [0.15, 0.2) is 0 Å². The summed E-state index contributed by atoms with van der Waals surface area (Å²) in [6.07, 6.45) is 4.19. The molecule has 0 aromatic carbocycles. The van der Waals surface area contributed by atoms with E-state index in [0.29, 0.717) is 19.0 Å². The predicted octanol–water partition coefficient (Wildman–Crippen LogP) is 1.37. The molecule has 78 valence electrons. The quantitative estimate of drug-likeness (QED) is 0.592. The van der Waals surface area contributed by atoms with Crippen LogP contribution in [-0.4, -0.2) is 29.2 Å². The van der Waals surface area contributed by atoms with E-state index in [-0.39, 0.29) is 18.1 Å². The first-order chi connectivity index (χ1) is 6.66. The highest BCUT2D eigenvalue weighted by Gasteiger charge is 2.33. The van der Waals surface area contributed by atoms with E-state index in [1.165, 1.54) is 6.42 Å². The van der Waals surface area contributed by atoms with Crippen molar-refractivity contribution in [1.82, 2.24) is 4.90 Å². The van der Waals surface area contributed by atoms with Crippen LogP contribution in [0, 0.1) is 5.92 Å². The molecule has 0 radical (unpaired) electrons. The average Bonchev–Trinajstić information content (AvgIpc) is 2.51. The van der Waals surface area contributed by atoms with Crippen LogP contribution in [-0.2, 0) is 9.59 Å². The summed E-state index contributed by atoms with van der Waals surface area (Å²) in [6, 6.07) is 0.422. The largest absolute Gasteiger partial charge is 0.339 e. The monoisotopic (exact) mass is 195 g/mol. The van der Waals surface area contributed by atoms with Crippen molar-refractivity contribution in [1.29, 1.82) is 0 Å². The van der Waals surface area contributed by atoms with Crippen molar-refractivity contribution in [2.24, 2.45) is 5.92 Å². The SMILES string of the molecule is CC1CCC(N2CCC(=O)CC2=O)C1. The first-order valence-corrected chi connectivity index (χ1v) is 5.48. The molecule has 1 saturated carbocycles. The Hall–Kier alpha value is -0.860. The smallest absolute Gasteiger partial charge is 0.230 e. The molecule has 2 rings (SSSR count). The van der Waals surface area contributed by atoms with Gasteiger partial charge >= 0.3 is 0 Å². The van der Waals surface area contributed by atoms with Crippen LogP contribution in [0.4, 0.5) is 0 Å². The highest BCUT2D eigenvalue weighted by molar-refractivity contribution is 6.00. The molecule has 0 aromatic heterocycles. The highest BCUT2D eigenvalue weighted by Crippen LogP contribution is 2.30. The second-order valence-corrected chi connectivity index (χ2v) is 4.62. The Kier molecular flexibility index (Phi) is 2.57. The number of nitrogens with zero attached hydrogens (tertiary/aromatic N) is 1. The number of Topliss-reactive ketones (excluding diaryl/α,β-unsaturated/α-hetero) is 1. The second-order valence-electron chi connectivity index (χ2n) is 4.62. The molecule has 1 saturated heterocycles. The maximum absolute atomic E-state index is 11.6. The molecule has 1 aliphatic carbocycles. The molecule has 0 aromatic rings. The Morgan fingerprint density at radius 2 is 2.07 bits per heavy atom. The number of amides is 1. The molecule has 3 nitrogen and oxygen atoms in total. The summed E-state index contributed by atoms with van der Waals surface area (Å²) in [5.74, 6) is 0.906. The van der Waals surface area contributed by atoms with Crippen LogP contribution in [0.5, 0.6) is 0 Å². The molecule has 2 unspecified atom stereocenters. The van der Waals surface area contributed by atoms with Gasteiger partial charge in [-0.3, -0.25) is 9.59 Å². The zero-order valence-corrected chi connectivity index (χ0v) is 8.66. The summed E-state index contributed by atoms with van der Waals surface area (Å²) in [5, 5.41) is 0. The topological polar surface area (TPSA) is 37.4 Å². The van der Waals surface area contributed by atoms with Crippen molar-refractivity contribution in [3.63, 3.8) is 0 Å². The lowest BCUT2D eigenvalue weighted by molar-refractivity contribution is -0.141. The molecule has 2 aliphatic rings. The van der Waals surface area contributed by atoms with Crippen molar-refractivity contribution >= 4 is 11.7 Å². The van der Waals surface area contributed by atoms with E-state index in [1.807, 2.05) is 4.90 Å². The molecule has 0 N–H and O–H groups in total. The molecule has 14 heavy (non-hydrogen) atoms. The van der Waals surface area contributed by atoms with Gasteiger partial charge < -0.3 is 4.90 Å². The minimum atomic E-state index is 0.0559. The van der Waals surface area contributed by atoms with Crippen LogP contribution in [0.15, 0.2) is 0 Å². The summed E-state index contributed by atoms with van der Waals surface area (Å²) in [7, 11) is 0. The number of ketones is 1. The average molecular weight is 195 g/mol. The standard InChI is InChI=1S/C11H17NO2/c1-8-2-3-9(6-8)12-5-4-10(13)7-11(12)14/h8-9H,2-7H2,1H3. The lowest BCUT2D eigenvalue weighted by Crippen LogP contribution is -2.44. The first kappa shape index (κ1) is 9.69. The van der Waals surface area contributed by atoms with E-state index in [2.05, 4.69) is 6.92 Å². The zero-order chi connectivity index (χ0) is 10.1. The molecule has 0 spiro atoms. The number of likely N-dealkylation sites (tertiary alicyclic amines) is 1. The third kappa shape index (κ3) is 1.81. The Bertz CT molecular complexity index is 262. The van der Waals surface area contributed by atoms with E-state index in [0.717, 1.165) is 18.8 Å². The third-order valence-corrected chi connectivity index (χ3v) is 3.41. The number of carbonyl (C=O) groups is 2. The van der Waals surface area contributed by atoms with E-state index >= 15 is 0 Å². The van der Waals surface area contributed by atoms with Gasteiger partial charge in [-0.25, -0.2) is 0 Å². The Labute approximate surface area is 84.5 Å². The molecular weight excluding hydrogens is 178 g/mol. The molecule has 3 heteroatoms. The van der Waals surface area contributed by atoms with Gasteiger partial charge in [-0.15, -0.1) is 0 Å². The summed E-state index contributed by atoms with van der Waals surface area (Å²) in [4.78, 5) is 24.6. The molecule has 0 bridgehead atoms. The van der Waals surface area contributed by atoms with Gasteiger partial charge in [0, 0.05) is 19.0 Å². The molecular formula is C11H17NO2. The van der Waals surface area contributed by atoms with Crippen LogP contribution >= 0.6 is 0 Å².